The molecule has 0 unspecified atom stereocenters. The molecular formula is C9H15F3N2O. The van der Waals surface area contributed by atoms with Crippen molar-refractivity contribution in [3.63, 3.8) is 0 Å². The van der Waals surface area contributed by atoms with Crippen LogP contribution in [0.2, 0.25) is 0 Å². The van der Waals surface area contributed by atoms with Crippen molar-refractivity contribution in [2.45, 2.75) is 38.5 Å². The smallest absolute Gasteiger partial charge is 0.344 e. The van der Waals surface area contributed by atoms with Gasteiger partial charge >= 0.3 is 12.1 Å². The molecule has 1 aliphatic heterocycles. The molecule has 2 N–H and O–H groups in total. The summed E-state index contributed by atoms with van der Waals surface area (Å²) in [7, 11) is 0. The minimum absolute atomic E-state index is 0.0625. The van der Waals surface area contributed by atoms with Crippen LogP contribution in [0.3, 0.4) is 0 Å². The van der Waals surface area contributed by atoms with E-state index in [0.29, 0.717) is 0 Å². The van der Waals surface area contributed by atoms with E-state index in [1.807, 2.05) is 12.2 Å². The third-order valence-corrected chi connectivity index (χ3v) is 2.77. The van der Waals surface area contributed by atoms with E-state index in [0.717, 1.165) is 13.0 Å². The monoisotopic (exact) mass is 224 g/mol. The van der Waals surface area contributed by atoms with Crippen LogP contribution in [0.4, 0.5) is 13.2 Å². The predicted molar refractivity (Wildman–Crippen MR) is 49.2 cm³/mol. The Morgan fingerprint density at radius 2 is 2.00 bits per heavy atom. The van der Waals surface area contributed by atoms with E-state index in [1.54, 1.807) is 6.92 Å². The molecule has 3 atom stereocenters. The molecule has 1 fully saturated rings. The third kappa shape index (κ3) is 3.09. The highest BCUT2D eigenvalue weighted by molar-refractivity contribution is 5.82. The zero-order valence-corrected chi connectivity index (χ0v) is 8.69. The van der Waals surface area contributed by atoms with E-state index in [1.165, 1.54) is 0 Å². The van der Waals surface area contributed by atoms with Gasteiger partial charge in [0.1, 0.15) is 0 Å². The zero-order chi connectivity index (χ0) is 11.6. The van der Waals surface area contributed by atoms with Crippen molar-refractivity contribution in [2.24, 2.45) is 5.92 Å². The van der Waals surface area contributed by atoms with Gasteiger partial charge in [-0.15, -0.1) is 0 Å². The standard InChI is InChI=1S/C9H15F3N2O/c1-5-3-4-13-6(2)7(5)14-8(15)9(10,11)12/h5-7,13H,3-4H2,1-2H3,(H,14,15)/t5-,6-,7+/m1/s1. The SMILES string of the molecule is C[C@@H]1CCN[C@H](C)[C@H]1NC(=O)C(F)(F)F. The molecule has 88 valence electrons. The van der Waals surface area contributed by atoms with Crippen molar-refractivity contribution in [1.82, 2.24) is 10.6 Å². The van der Waals surface area contributed by atoms with Crippen molar-refractivity contribution >= 4 is 5.91 Å². The summed E-state index contributed by atoms with van der Waals surface area (Å²) in [6.07, 6.45) is -4.02. The molecule has 1 rings (SSSR count). The molecule has 0 bridgehead atoms. The summed E-state index contributed by atoms with van der Waals surface area (Å²) in [5, 5.41) is 5.07. The molecule has 3 nitrogen and oxygen atoms in total. The summed E-state index contributed by atoms with van der Waals surface area (Å²) in [6.45, 7) is 4.40. The molecule has 0 aliphatic carbocycles. The minimum Gasteiger partial charge on any atom is -0.344 e. The first-order chi connectivity index (χ1) is 6.82. The van der Waals surface area contributed by atoms with Crippen molar-refractivity contribution in [2.75, 3.05) is 6.54 Å². The zero-order valence-electron chi connectivity index (χ0n) is 8.69. The van der Waals surface area contributed by atoms with Crippen LogP contribution in [-0.4, -0.2) is 30.7 Å². The fourth-order valence-electron chi connectivity index (χ4n) is 1.84. The lowest BCUT2D eigenvalue weighted by Gasteiger charge is -2.36. The van der Waals surface area contributed by atoms with Gasteiger partial charge in [0.05, 0.1) is 0 Å². The second kappa shape index (κ2) is 4.38. The lowest BCUT2D eigenvalue weighted by atomic mass is 9.89. The minimum atomic E-state index is -4.79. The van der Waals surface area contributed by atoms with Crippen molar-refractivity contribution in [3.05, 3.63) is 0 Å². The van der Waals surface area contributed by atoms with Crippen LogP contribution in [0.15, 0.2) is 0 Å². The Hall–Kier alpha value is -0.780. The van der Waals surface area contributed by atoms with Crippen LogP contribution in [0.25, 0.3) is 0 Å². The Labute approximate surface area is 86.4 Å². The summed E-state index contributed by atoms with van der Waals surface area (Å²) in [5.41, 5.74) is 0. The molecule has 0 aromatic heterocycles. The molecule has 0 spiro atoms. The Kier molecular flexibility index (Phi) is 3.59. The summed E-state index contributed by atoms with van der Waals surface area (Å²) < 4.78 is 36.1. The molecule has 15 heavy (non-hydrogen) atoms. The first kappa shape index (κ1) is 12.3. The molecule has 0 aromatic rings. The van der Waals surface area contributed by atoms with Gasteiger partial charge in [0.25, 0.3) is 0 Å². The Bertz CT molecular complexity index is 232. The number of carbonyl (C=O) groups excluding carboxylic acids is 1. The van der Waals surface area contributed by atoms with E-state index in [-0.39, 0.29) is 12.0 Å². The molecule has 1 amide bonds. The number of nitrogens with one attached hydrogen (secondary N) is 2. The predicted octanol–water partition coefficient (Wildman–Crippen LogP) is 1.05. The fraction of sp³-hybridized carbons (Fsp3) is 0.889. The van der Waals surface area contributed by atoms with E-state index < -0.39 is 18.1 Å². The molecule has 1 saturated heterocycles. The molecule has 1 aliphatic rings. The number of halogens is 3. The number of hydrogen-bond donors (Lipinski definition) is 2. The van der Waals surface area contributed by atoms with Crippen LogP contribution in [0.5, 0.6) is 0 Å². The number of piperidine rings is 1. The Morgan fingerprint density at radius 3 is 2.47 bits per heavy atom. The molecule has 0 aromatic carbocycles. The second-order valence-electron chi connectivity index (χ2n) is 4.01. The maximum atomic E-state index is 12.0. The van der Waals surface area contributed by atoms with Crippen molar-refractivity contribution in [1.29, 1.82) is 0 Å². The normalized spacial score (nSPS) is 32.5. The van der Waals surface area contributed by atoms with E-state index >= 15 is 0 Å². The highest BCUT2D eigenvalue weighted by atomic mass is 19.4. The number of alkyl halides is 3. The maximum absolute atomic E-state index is 12.0. The second-order valence-corrected chi connectivity index (χ2v) is 4.01. The molecule has 1 heterocycles. The maximum Gasteiger partial charge on any atom is 0.471 e. The van der Waals surface area contributed by atoms with Crippen LogP contribution < -0.4 is 10.6 Å². The van der Waals surface area contributed by atoms with Gasteiger partial charge in [0.15, 0.2) is 0 Å². The summed E-state index contributed by atoms with van der Waals surface area (Å²) >= 11 is 0. The van der Waals surface area contributed by atoms with Crippen LogP contribution in [0.1, 0.15) is 20.3 Å². The average molecular weight is 224 g/mol. The van der Waals surface area contributed by atoms with Gasteiger partial charge in [0.2, 0.25) is 0 Å². The van der Waals surface area contributed by atoms with E-state index in [2.05, 4.69) is 5.32 Å². The quantitative estimate of drug-likeness (QED) is 0.699. The van der Waals surface area contributed by atoms with Gasteiger partial charge in [-0.05, 0) is 25.8 Å². The molecule has 0 radical (unpaired) electrons. The fourth-order valence-corrected chi connectivity index (χ4v) is 1.84. The third-order valence-electron chi connectivity index (χ3n) is 2.77. The highest BCUT2D eigenvalue weighted by Crippen LogP contribution is 2.20. The number of amides is 1. The van der Waals surface area contributed by atoms with Gasteiger partial charge in [-0.25, -0.2) is 0 Å². The summed E-state index contributed by atoms with van der Waals surface area (Å²) in [6, 6.07) is -0.576. The molecule has 0 saturated carbocycles. The number of rotatable bonds is 1. The largest absolute Gasteiger partial charge is 0.471 e. The summed E-state index contributed by atoms with van der Waals surface area (Å²) in [5.74, 6) is -1.79. The number of carbonyl (C=O) groups is 1. The lowest BCUT2D eigenvalue weighted by molar-refractivity contribution is -0.175. The van der Waals surface area contributed by atoms with Gasteiger partial charge < -0.3 is 10.6 Å². The van der Waals surface area contributed by atoms with Gasteiger partial charge in [0, 0.05) is 12.1 Å². The van der Waals surface area contributed by atoms with Crippen LogP contribution >= 0.6 is 0 Å². The van der Waals surface area contributed by atoms with E-state index in [9.17, 15) is 18.0 Å². The molecule has 6 heteroatoms. The topological polar surface area (TPSA) is 41.1 Å². The molecular weight excluding hydrogens is 209 g/mol. The summed E-state index contributed by atoms with van der Waals surface area (Å²) in [4.78, 5) is 10.8. The van der Waals surface area contributed by atoms with Crippen molar-refractivity contribution in [3.8, 4) is 0 Å². The average Bonchev–Trinajstić information content (AvgIpc) is 2.09. The van der Waals surface area contributed by atoms with E-state index in [4.69, 9.17) is 0 Å². The number of hydrogen-bond acceptors (Lipinski definition) is 2. The Morgan fingerprint density at radius 1 is 1.40 bits per heavy atom. The first-order valence-corrected chi connectivity index (χ1v) is 4.93. The van der Waals surface area contributed by atoms with Gasteiger partial charge in [-0.3, -0.25) is 4.79 Å². The van der Waals surface area contributed by atoms with Crippen LogP contribution in [0, 0.1) is 5.92 Å². The highest BCUT2D eigenvalue weighted by Gasteiger charge is 2.41. The van der Waals surface area contributed by atoms with Crippen LogP contribution in [-0.2, 0) is 4.79 Å². The van der Waals surface area contributed by atoms with Gasteiger partial charge in [-0.2, -0.15) is 13.2 Å². The van der Waals surface area contributed by atoms with Gasteiger partial charge in [-0.1, -0.05) is 6.92 Å². The van der Waals surface area contributed by atoms with Crippen molar-refractivity contribution < 1.29 is 18.0 Å². The Balaban J connectivity index is 2.59. The first-order valence-electron chi connectivity index (χ1n) is 4.93. The lowest BCUT2D eigenvalue weighted by Crippen LogP contribution is -2.58.